The topological polar surface area (TPSA) is 131 Å². The molecule has 0 rings (SSSR count). The molecule has 2 unspecified atom stereocenters. The molecule has 0 aliphatic rings. The smallest absolute Gasteiger partial charge is 0.463 e. The minimum absolute atomic E-state index is 0.0604. The number of hydrogen-bond acceptors (Lipinski definition) is 7. The number of aliphatic hydroxyl groups is 1. The zero-order chi connectivity index (χ0) is 43.2. The Morgan fingerprint density at radius 2 is 0.983 bits per heavy atom. The number of phosphoric acid groups is 1. The lowest BCUT2D eigenvalue weighted by molar-refractivity contribution is -0.147. The molecular formula is C49H80NO8P. The van der Waals surface area contributed by atoms with Crippen LogP contribution in [-0.2, 0) is 27.9 Å². The lowest BCUT2D eigenvalue weighted by Gasteiger charge is -2.15. The van der Waals surface area contributed by atoms with Crippen molar-refractivity contribution in [2.24, 2.45) is 0 Å². The quantitative estimate of drug-likeness (QED) is 0.0240. The van der Waals surface area contributed by atoms with Gasteiger partial charge in [-0.15, -0.1) is 0 Å². The van der Waals surface area contributed by atoms with Crippen molar-refractivity contribution in [1.29, 1.82) is 0 Å². The van der Waals surface area contributed by atoms with Gasteiger partial charge in [-0.2, -0.15) is 0 Å². The van der Waals surface area contributed by atoms with Crippen LogP contribution in [0.1, 0.15) is 155 Å². The first kappa shape index (κ1) is 55.7. The van der Waals surface area contributed by atoms with Crippen LogP contribution in [0.3, 0.4) is 0 Å². The molecule has 0 aromatic heterocycles. The van der Waals surface area contributed by atoms with E-state index in [0.29, 0.717) is 12.8 Å². The van der Waals surface area contributed by atoms with Gasteiger partial charge in [0.1, 0.15) is 12.7 Å². The normalized spacial score (nSPS) is 14.3. The number of carbonyl (C=O) groups excluding carboxylic acids is 2. The van der Waals surface area contributed by atoms with E-state index in [-0.39, 0.29) is 32.1 Å². The second-order valence-electron chi connectivity index (χ2n) is 14.3. The van der Waals surface area contributed by atoms with Crippen LogP contribution in [0.25, 0.3) is 0 Å². The minimum atomic E-state index is -4.44. The van der Waals surface area contributed by atoms with Gasteiger partial charge in [0.15, 0.2) is 0 Å². The summed E-state index contributed by atoms with van der Waals surface area (Å²) in [4.78, 5) is 33.9. The summed E-state index contributed by atoms with van der Waals surface area (Å²) < 4.78 is 26.8. The number of phosphoric ester groups is 1. The first-order chi connectivity index (χ1) is 28.8. The van der Waals surface area contributed by atoms with Crippen LogP contribution in [0.2, 0.25) is 0 Å². The van der Waals surface area contributed by atoms with Gasteiger partial charge in [-0.05, 0) is 96.3 Å². The summed E-state index contributed by atoms with van der Waals surface area (Å²) in [6.07, 6.45) is 58.8. The number of esters is 1. The van der Waals surface area contributed by atoms with Gasteiger partial charge in [-0.1, -0.05) is 155 Å². The van der Waals surface area contributed by atoms with Crippen LogP contribution in [0.5, 0.6) is 0 Å². The minimum Gasteiger partial charge on any atom is -0.463 e. The molecule has 0 fully saturated rings. The van der Waals surface area contributed by atoms with Gasteiger partial charge in [0, 0.05) is 19.4 Å². The Labute approximate surface area is 358 Å². The van der Waals surface area contributed by atoms with Crippen molar-refractivity contribution in [1.82, 2.24) is 5.32 Å². The summed E-state index contributed by atoms with van der Waals surface area (Å²) in [7, 11) is -4.44. The predicted molar refractivity (Wildman–Crippen MR) is 247 cm³/mol. The Kier molecular flexibility index (Phi) is 41.7. The van der Waals surface area contributed by atoms with Crippen molar-refractivity contribution in [3.63, 3.8) is 0 Å². The number of ether oxygens (including phenoxy) is 1. The molecule has 0 heterocycles. The van der Waals surface area contributed by atoms with Gasteiger partial charge in [-0.3, -0.25) is 18.6 Å². The lowest BCUT2D eigenvalue weighted by atomic mass is 10.1. The van der Waals surface area contributed by atoms with Gasteiger partial charge in [0.2, 0.25) is 5.91 Å². The van der Waals surface area contributed by atoms with E-state index < -0.39 is 26.5 Å². The first-order valence-electron chi connectivity index (χ1n) is 22.4. The number of allylic oxidation sites excluding steroid dienone is 18. The number of nitrogens with one attached hydrogen (secondary N) is 1. The fraction of sp³-hybridized carbons (Fsp3) is 0.592. The van der Waals surface area contributed by atoms with Gasteiger partial charge in [0.25, 0.3) is 0 Å². The van der Waals surface area contributed by atoms with Crippen molar-refractivity contribution < 1.29 is 37.9 Å². The Balaban J connectivity index is 3.75. The Hall–Kier alpha value is -3.33. The summed E-state index contributed by atoms with van der Waals surface area (Å²) in [5, 5.41) is 12.7. The second-order valence-corrected chi connectivity index (χ2v) is 15.7. The van der Waals surface area contributed by atoms with E-state index in [1.165, 1.54) is 25.7 Å². The molecule has 2 atom stereocenters. The molecule has 0 aromatic carbocycles. The predicted octanol–water partition coefficient (Wildman–Crippen LogP) is 12.8. The van der Waals surface area contributed by atoms with Crippen LogP contribution in [0.4, 0.5) is 0 Å². The molecule has 3 N–H and O–H groups in total. The molecule has 10 heteroatoms. The molecule has 0 aliphatic carbocycles. The van der Waals surface area contributed by atoms with Gasteiger partial charge >= 0.3 is 13.8 Å². The largest absolute Gasteiger partial charge is 0.472 e. The molecule has 59 heavy (non-hydrogen) atoms. The number of carbonyl (C=O) groups is 2. The summed E-state index contributed by atoms with van der Waals surface area (Å²) in [6.45, 7) is 3.30. The van der Waals surface area contributed by atoms with Crippen molar-refractivity contribution >= 4 is 19.7 Å². The second kappa shape index (κ2) is 44.2. The van der Waals surface area contributed by atoms with Gasteiger partial charge in [-0.25, -0.2) is 4.57 Å². The highest BCUT2D eigenvalue weighted by Gasteiger charge is 2.23. The van der Waals surface area contributed by atoms with Crippen LogP contribution in [0.15, 0.2) is 109 Å². The Bertz CT molecular complexity index is 1330. The maximum atomic E-state index is 12.1. The zero-order valence-corrected chi connectivity index (χ0v) is 37.5. The third kappa shape index (κ3) is 45.6. The van der Waals surface area contributed by atoms with E-state index in [4.69, 9.17) is 13.8 Å². The summed E-state index contributed by atoms with van der Waals surface area (Å²) >= 11 is 0. The van der Waals surface area contributed by atoms with Gasteiger partial charge in [0.05, 0.1) is 13.2 Å². The monoisotopic (exact) mass is 842 g/mol. The van der Waals surface area contributed by atoms with Crippen LogP contribution in [0, 0.1) is 0 Å². The molecule has 0 saturated carbocycles. The number of unbranched alkanes of at least 4 members (excludes halogenated alkanes) is 9. The third-order valence-electron chi connectivity index (χ3n) is 8.69. The van der Waals surface area contributed by atoms with Gasteiger partial charge < -0.3 is 20.1 Å². The van der Waals surface area contributed by atoms with Crippen LogP contribution >= 0.6 is 7.82 Å². The van der Waals surface area contributed by atoms with E-state index >= 15 is 0 Å². The maximum Gasteiger partial charge on any atom is 0.472 e. The van der Waals surface area contributed by atoms with E-state index in [0.717, 1.165) is 96.3 Å². The average molecular weight is 842 g/mol. The molecule has 0 saturated heterocycles. The molecule has 334 valence electrons. The number of rotatable bonds is 40. The molecule has 0 aliphatic heterocycles. The van der Waals surface area contributed by atoms with Crippen molar-refractivity contribution in [3.8, 4) is 0 Å². The zero-order valence-electron chi connectivity index (χ0n) is 36.6. The Morgan fingerprint density at radius 3 is 1.49 bits per heavy atom. The fourth-order valence-corrected chi connectivity index (χ4v) is 6.10. The lowest BCUT2D eigenvalue weighted by Crippen LogP contribution is -2.27. The summed E-state index contributed by atoms with van der Waals surface area (Å²) in [5.74, 6) is -0.601. The number of hydrogen-bond donors (Lipinski definition) is 3. The molecular weight excluding hydrogens is 762 g/mol. The van der Waals surface area contributed by atoms with Crippen molar-refractivity contribution in [3.05, 3.63) is 109 Å². The molecule has 0 radical (unpaired) electrons. The highest BCUT2D eigenvalue weighted by molar-refractivity contribution is 7.47. The molecule has 0 bridgehead atoms. The Morgan fingerprint density at radius 1 is 0.542 bits per heavy atom. The number of aliphatic hydroxyl groups excluding tert-OH is 1. The van der Waals surface area contributed by atoms with Crippen molar-refractivity contribution in [2.45, 2.75) is 161 Å². The fourth-order valence-electron chi connectivity index (χ4n) is 5.34. The number of amides is 1. The standard InChI is InChI=1S/C49H80NO8P/c1-3-5-7-9-11-13-15-17-19-20-21-22-23-24-25-26-28-30-32-34-36-38-40-42-49(53)56-45-47(51)46-58-59(54,55)57-44-43-50-48(52)41-39-37-35-33-31-29-27-18-16-14-12-10-8-6-4-2/h5,7,11-14,17-19,21-22,24-25,27-28,30,34,36,47,51H,3-4,6,8-10,15-16,20,23,26,29,31-33,35,37-46H2,1-2H3,(H,50,52)(H,54,55)/b7-5-,13-11-,14-12-,19-17-,22-21-,25-24-,27-18-,30-28-,36-34-. The summed E-state index contributed by atoms with van der Waals surface area (Å²) in [6, 6.07) is 0. The van der Waals surface area contributed by atoms with E-state index in [9.17, 15) is 24.2 Å². The van der Waals surface area contributed by atoms with E-state index in [1.54, 1.807) is 0 Å². The third-order valence-corrected chi connectivity index (χ3v) is 9.67. The van der Waals surface area contributed by atoms with E-state index in [1.807, 2.05) is 6.08 Å². The molecule has 0 spiro atoms. The first-order valence-corrected chi connectivity index (χ1v) is 23.9. The molecule has 1 amide bonds. The van der Waals surface area contributed by atoms with Crippen molar-refractivity contribution in [2.75, 3.05) is 26.4 Å². The summed E-state index contributed by atoms with van der Waals surface area (Å²) in [5.41, 5.74) is 0. The molecule has 9 nitrogen and oxygen atoms in total. The highest BCUT2D eigenvalue weighted by Crippen LogP contribution is 2.42. The maximum absolute atomic E-state index is 12.1. The average Bonchev–Trinajstić information content (AvgIpc) is 3.22. The SMILES string of the molecule is CC/C=C\C/C=C\C/C=C\C/C=C\C/C=C\C/C=C\C/C=C\CCCC(=O)OCC(O)COP(=O)(O)OCCNC(=O)CCCCCCC/C=C\C/C=C\CCCCC. The van der Waals surface area contributed by atoms with Crippen LogP contribution in [-0.4, -0.2) is 54.3 Å². The van der Waals surface area contributed by atoms with E-state index in [2.05, 4.69) is 122 Å². The van der Waals surface area contributed by atoms with Crippen LogP contribution < -0.4 is 5.32 Å². The molecule has 0 aromatic rings. The highest BCUT2D eigenvalue weighted by atomic mass is 31.2.